The van der Waals surface area contributed by atoms with Gasteiger partial charge in [0.1, 0.15) is 6.54 Å². The van der Waals surface area contributed by atoms with Gasteiger partial charge < -0.3 is 10.4 Å². The molecule has 0 unspecified atom stereocenters. The van der Waals surface area contributed by atoms with Crippen LogP contribution >= 0.6 is 0 Å². The maximum absolute atomic E-state index is 12.5. The van der Waals surface area contributed by atoms with Gasteiger partial charge in [0.25, 0.3) is 0 Å². The number of aromatic nitrogens is 4. The first kappa shape index (κ1) is 19.4. The summed E-state index contributed by atoms with van der Waals surface area (Å²) in [6.45, 7) is 4.27. The zero-order chi connectivity index (χ0) is 21.3. The number of amides is 1. The molecule has 0 fully saturated rings. The molecule has 1 amide bonds. The van der Waals surface area contributed by atoms with Gasteiger partial charge in [-0.1, -0.05) is 42.5 Å². The van der Waals surface area contributed by atoms with Crippen LogP contribution in [0.2, 0.25) is 0 Å². The highest BCUT2D eigenvalue weighted by atomic mass is 16.4. The number of fused-ring (bicyclic) bond motifs is 1. The molecule has 4 rings (SSSR count). The number of hydrogen-bond acceptors (Lipinski definition) is 4. The van der Waals surface area contributed by atoms with Gasteiger partial charge in [-0.05, 0) is 36.2 Å². The van der Waals surface area contributed by atoms with Crippen molar-refractivity contribution >= 4 is 28.3 Å². The van der Waals surface area contributed by atoms with E-state index in [0.717, 1.165) is 11.3 Å². The number of rotatable bonds is 6. The average molecular weight is 403 g/mol. The van der Waals surface area contributed by atoms with Crippen LogP contribution in [0.1, 0.15) is 27.4 Å². The topological polar surface area (TPSA) is 102 Å². The first-order valence-electron chi connectivity index (χ1n) is 9.49. The number of aryl methyl sites for hydroxylation is 1. The second-order valence-corrected chi connectivity index (χ2v) is 7.09. The summed E-state index contributed by atoms with van der Waals surface area (Å²) in [6.07, 6.45) is 1.46. The van der Waals surface area contributed by atoms with Crippen molar-refractivity contribution in [3.63, 3.8) is 0 Å². The Morgan fingerprint density at radius 3 is 2.57 bits per heavy atom. The van der Waals surface area contributed by atoms with Crippen LogP contribution in [0.5, 0.6) is 0 Å². The van der Waals surface area contributed by atoms with Gasteiger partial charge in [0, 0.05) is 6.20 Å². The zero-order valence-corrected chi connectivity index (χ0v) is 16.7. The summed E-state index contributed by atoms with van der Waals surface area (Å²) < 4.78 is 3.17. The maximum atomic E-state index is 12.5. The van der Waals surface area contributed by atoms with Crippen LogP contribution < -0.4 is 5.32 Å². The van der Waals surface area contributed by atoms with Crippen molar-refractivity contribution in [3.05, 3.63) is 77.4 Å². The lowest BCUT2D eigenvalue weighted by Crippen LogP contribution is -2.20. The second-order valence-electron chi connectivity index (χ2n) is 7.09. The monoisotopic (exact) mass is 403 g/mol. The second kappa shape index (κ2) is 7.82. The molecule has 2 N–H and O–H groups in total. The lowest BCUT2D eigenvalue weighted by molar-refractivity contribution is -0.116. The quantitative estimate of drug-likeness (QED) is 0.515. The zero-order valence-electron chi connectivity index (χ0n) is 16.7. The molecule has 8 nitrogen and oxygen atoms in total. The largest absolute Gasteiger partial charge is 0.476 e. The molecule has 2 aromatic heterocycles. The Hall–Kier alpha value is -3.94. The van der Waals surface area contributed by atoms with Crippen LogP contribution in [-0.2, 0) is 17.9 Å². The van der Waals surface area contributed by atoms with Crippen LogP contribution in [0, 0.1) is 13.8 Å². The summed E-state index contributed by atoms with van der Waals surface area (Å²) in [7, 11) is 0. The Balaban J connectivity index is 1.53. The summed E-state index contributed by atoms with van der Waals surface area (Å²) in [5.74, 6) is -1.43. The van der Waals surface area contributed by atoms with Crippen molar-refractivity contribution < 1.29 is 14.7 Å². The number of hydrogen-bond donors (Lipinski definition) is 2. The number of anilines is 1. The van der Waals surface area contributed by atoms with Crippen molar-refractivity contribution in [3.8, 4) is 0 Å². The number of benzene rings is 2. The first-order chi connectivity index (χ1) is 14.4. The molecule has 30 heavy (non-hydrogen) atoms. The summed E-state index contributed by atoms with van der Waals surface area (Å²) in [5, 5.41) is 22.6. The summed E-state index contributed by atoms with van der Waals surface area (Å²) >= 11 is 0. The summed E-state index contributed by atoms with van der Waals surface area (Å²) in [4.78, 5) is 23.4. The van der Waals surface area contributed by atoms with E-state index in [0.29, 0.717) is 17.9 Å². The predicted octanol–water partition coefficient (Wildman–Crippen LogP) is 3.23. The van der Waals surface area contributed by atoms with E-state index in [2.05, 4.69) is 39.8 Å². The van der Waals surface area contributed by atoms with Crippen molar-refractivity contribution in [2.24, 2.45) is 0 Å². The van der Waals surface area contributed by atoms with E-state index in [9.17, 15) is 9.59 Å². The molecule has 0 saturated carbocycles. The van der Waals surface area contributed by atoms with Crippen LogP contribution in [0.3, 0.4) is 0 Å². The number of carbonyl (C=O) groups excluding carboxylic acids is 1. The van der Waals surface area contributed by atoms with E-state index in [-0.39, 0.29) is 18.1 Å². The van der Waals surface area contributed by atoms with Gasteiger partial charge in [-0.15, -0.1) is 0 Å². The predicted molar refractivity (Wildman–Crippen MR) is 113 cm³/mol. The Morgan fingerprint density at radius 1 is 1.03 bits per heavy atom. The highest BCUT2D eigenvalue weighted by molar-refractivity contribution is 5.92. The Kier molecular flexibility index (Phi) is 5.05. The molecule has 0 saturated heterocycles. The minimum absolute atomic E-state index is 0.0827. The fourth-order valence-electron chi connectivity index (χ4n) is 3.51. The van der Waals surface area contributed by atoms with Gasteiger partial charge in [-0.25, -0.2) is 4.79 Å². The molecular formula is C22H21N5O3. The molecular weight excluding hydrogens is 382 g/mol. The fraction of sp³-hybridized carbons (Fsp3) is 0.182. The molecule has 0 atom stereocenters. The van der Waals surface area contributed by atoms with E-state index in [1.165, 1.54) is 27.7 Å². The SMILES string of the molecule is Cc1nn(Cc2cccc3ccccc23)c(C)c1NC(=O)Cn1ccc(C(=O)O)n1. The van der Waals surface area contributed by atoms with Crippen LogP contribution in [0.25, 0.3) is 10.8 Å². The molecule has 152 valence electrons. The number of carbonyl (C=O) groups is 2. The highest BCUT2D eigenvalue weighted by Crippen LogP contribution is 2.23. The van der Waals surface area contributed by atoms with Crippen molar-refractivity contribution in [1.29, 1.82) is 0 Å². The summed E-state index contributed by atoms with van der Waals surface area (Å²) in [5.41, 5.74) is 3.27. The molecule has 0 aliphatic heterocycles. The third-order valence-electron chi connectivity index (χ3n) is 5.01. The molecule has 0 aliphatic carbocycles. The van der Waals surface area contributed by atoms with Crippen molar-refractivity contribution in [2.45, 2.75) is 26.9 Å². The molecule has 2 heterocycles. The van der Waals surface area contributed by atoms with Crippen LogP contribution in [0.15, 0.2) is 54.7 Å². The average Bonchev–Trinajstić information content (AvgIpc) is 3.29. The van der Waals surface area contributed by atoms with Gasteiger partial charge in [-0.3, -0.25) is 14.2 Å². The number of nitrogens with one attached hydrogen (secondary N) is 1. The maximum Gasteiger partial charge on any atom is 0.356 e. The third kappa shape index (κ3) is 3.80. The molecule has 2 aromatic carbocycles. The Bertz CT molecular complexity index is 1250. The molecule has 4 aromatic rings. The minimum Gasteiger partial charge on any atom is -0.476 e. The van der Waals surface area contributed by atoms with Crippen LogP contribution in [-0.4, -0.2) is 36.5 Å². The van der Waals surface area contributed by atoms with E-state index in [4.69, 9.17) is 5.11 Å². The molecule has 8 heteroatoms. The molecule has 0 spiro atoms. The number of aromatic carboxylic acids is 1. The molecule has 0 radical (unpaired) electrons. The van der Waals surface area contributed by atoms with Gasteiger partial charge >= 0.3 is 5.97 Å². The number of nitrogens with zero attached hydrogens (tertiary/aromatic N) is 4. The van der Waals surface area contributed by atoms with Gasteiger partial charge in [0.15, 0.2) is 5.69 Å². The van der Waals surface area contributed by atoms with Crippen molar-refractivity contribution in [1.82, 2.24) is 19.6 Å². The standard InChI is InChI=1S/C22H21N5O3/c1-14-21(23-20(28)13-26-11-10-19(25-26)22(29)30)15(2)27(24-14)12-17-8-5-7-16-6-3-4-9-18(16)17/h3-11H,12-13H2,1-2H3,(H,23,28)(H,29,30). The normalized spacial score (nSPS) is 11.0. The van der Waals surface area contributed by atoms with E-state index >= 15 is 0 Å². The van der Waals surface area contributed by atoms with Crippen molar-refractivity contribution in [2.75, 3.05) is 5.32 Å². The van der Waals surface area contributed by atoms with Gasteiger partial charge in [0.2, 0.25) is 5.91 Å². The lowest BCUT2D eigenvalue weighted by Gasteiger charge is -2.09. The number of carboxylic acids is 1. The lowest BCUT2D eigenvalue weighted by atomic mass is 10.0. The van der Waals surface area contributed by atoms with Gasteiger partial charge in [0.05, 0.1) is 23.6 Å². The minimum atomic E-state index is -1.13. The third-order valence-corrected chi connectivity index (χ3v) is 5.01. The molecule has 0 bridgehead atoms. The van der Waals surface area contributed by atoms with Gasteiger partial charge in [-0.2, -0.15) is 10.2 Å². The highest BCUT2D eigenvalue weighted by Gasteiger charge is 2.16. The van der Waals surface area contributed by atoms with E-state index in [1.807, 2.05) is 36.7 Å². The first-order valence-corrected chi connectivity index (χ1v) is 9.49. The smallest absolute Gasteiger partial charge is 0.356 e. The van der Waals surface area contributed by atoms with Crippen LogP contribution in [0.4, 0.5) is 5.69 Å². The van der Waals surface area contributed by atoms with E-state index < -0.39 is 5.97 Å². The molecule has 0 aliphatic rings. The summed E-state index contributed by atoms with van der Waals surface area (Å²) in [6, 6.07) is 15.7. The Labute approximate surface area is 172 Å². The number of carboxylic acid groups (broad SMARTS) is 1. The fourth-order valence-corrected chi connectivity index (χ4v) is 3.51. The van der Waals surface area contributed by atoms with E-state index in [1.54, 1.807) is 0 Å². The Morgan fingerprint density at radius 2 is 1.80 bits per heavy atom.